The summed E-state index contributed by atoms with van der Waals surface area (Å²) >= 11 is 0. The Morgan fingerprint density at radius 1 is 1.13 bits per heavy atom. The maximum Gasteiger partial charge on any atom is 0.268 e. The van der Waals surface area contributed by atoms with Crippen LogP contribution in [0.15, 0.2) is 18.2 Å². The summed E-state index contributed by atoms with van der Waals surface area (Å²) in [6.45, 7) is 3.73. The SMILES string of the molecule is Cl.O=C1NCCc2c1[nH]c1cccc(C(=O)N3CCNCC3)c21. The van der Waals surface area contributed by atoms with Crippen LogP contribution in [0.2, 0.25) is 0 Å². The Morgan fingerprint density at radius 3 is 2.70 bits per heavy atom. The van der Waals surface area contributed by atoms with Crippen LogP contribution in [0.4, 0.5) is 0 Å². The molecule has 0 spiro atoms. The fourth-order valence-electron chi connectivity index (χ4n) is 3.37. The maximum atomic E-state index is 12.9. The average molecular weight is 335 g/mol. The molecule has 0 aliphatic carbocycles. The van der Waals surface area contributed by atoms with Gasteiger partial charge in [0.15, 0.2) is 0 Å². The summed E-state index contributed by atoms with van der Waals surface area (Å²) in [7, 11) is 0. The smallest absolute Gasteiger partial charge is 0.268 e. The van der Waals surface area contributed by atoms with Crippen LogP contribution in [-0.4, -0.2) is 54.4 Å². The van der Waals surface area contributed by atoms with E-state index in [4.69, 9.17) is 0 Å². The van der Waals surface area contributed by atoms with Gasteiger partial charge in [0.25, 0.3) is 11.8 Å². The fraction of sp³-hybridized carbons (Fsp3) is 0.375. The van der Waals surface area contributed by atoms with Gasteiger partial charge in [-0.1, -0.05) is 6.07 Å². The summed E-state index contributed by atoms with van der Waals surface area (Å²) in [5, 5.41) is 7.01. The van der Waals surface area contributed by atoms with Crippen LogP contribution in [0.25, 0.3) is 10.9 Å². The zero-order valence-corrected chi connectivity index (χ0v) is 13.5. The molecular formula is C16H19ClN4O2. The number of fused-ring (bicyclic) bond motifs is 3. The highest BCUT2D eigenvalue weighted by atomic mass is 35.5. The number of amides is 2. The van der Waals surface area contributed by atoms with Crippen molar-refractivity contribution in [2.45, 2.75) is 6.42 Å². The molecule has 1 aromatic heterocycles. The molecule has 23 heavy (non-hydrogen) atoms. The van der Waals surface area contributed by atoms with Gasteiger partial charge in [0.1, 0.15) is 5.69 Å². The summed E-state index contributed by atoms with van der Waals surface area (Å²) in [4.78, 5) is 29.9. The van der Waals surface area contributed by atoms with Gasteiger partial charge in [-0.05, 0) is 24.1 Å². The summed E-state index contributed by atoms with van der Waals surface area (Å²) in [6, 6.07) is 5.67. The molecule has 0 radical (unpaired) electrons. The van der Waals surface area contributed by atoms with Gasteiger partial charge in [-0.25, -0.2) is 0 Å². The van der Waals surface area contributed by atoms with Gasteiger partial charge in [0.2, 0.25) is 0 Å². The van der Waals surface area contributed by atoms with Crippen molar-refractivity contribution in [3.8, 4) is 0 Å². The normalized spacial score (nSPS) is 17.4. The lowest BCUT2D eigenvalue weighted by atomic mass is 9.99. The van der Waals surface area contributed by atoms with Crippen LogP contribution in [0.3, 0.4) is 0 Å². The fourth-order valence-corrected chi connectivity index (χ4v) is 3.37. The van der Waals surface area contributed by atoms with Gasteiger partial charge >= 0.3 is 0 Å². The first-order chi connectivity index (χ1) is 10.8. The lowest BCUT2D eigenvalue weighted by Crippen LogP contribution is -2.46. The number of benzene rings is 1. The van der Waals surface area contributed by atoms with Crippen LogP contribution in [-0.2, 0) is 6.42 Å². The van der Waals surface area contributed by atoms with Crippen molar-refractivity contribution in [1.29, 1.82) is 0 Å². The summed E-state index contributed by atoms with van der Waals surface area (Å²) in [5.41, 5.74) is 3.13. The first kappa shape index (κ1) is 15.8. The van der Waals surface area contributed by atoms with Gasteiger partial charge in [0.05, 0.1) is 0 Å². The molecule has 122 valence electrons. The Labute approximate surface area is 140 Å². The topological polar surface area (TPSA) is 77.2 Å². The number of nitrogens with one attached hydrogen (secondary N) is 3. The predicted molar refractivity (Wildman–Crippen MR) is 90.4 cm³/mol. The van der Waals surface area contributed by atoms with Crippen LogP contribution in [0.5, 0.6) is 0 Å². The van der Waals surface area contributed by atoms with Crippen molar-refractivity contribution in [3.05, 3.63) is 35.0 Å². The second kappa shape index (κ2) is 6.22. The first-order valence-electron chi connectivity index (χ1n) is 7.67. The minimum Gasteiger partial charge on any atom is -0.350 e. The number of hydrogen-bond donors (Lipinski definition) is 3. The number of carbonyl (C=O) groups excluding carboxylic acids is 2. The number of aromatic nitrogens is 1. The Balaban J connectivity index is 0.00000156. The standard InChI is InChI=1S/C16H18N4O2.ClH/c21-15-14-10(4-5-18-15)13-11(2-1-3-12(13)19-14)16(22)20-8-6-17-7-9-20;/h1-3,17,19H,4-9H2,(H,18,21);1H. The van der Waals surface area contributed by atoms with Crippen LogP contribution < -0.4 is 10.6 Å². The molecule has 0 atom stereocenters. The molecule has 2 aliphatic rings. The van der Waals surface area contributed by atoms with E-state index in [1.54, 1.807) is 0 Å². The first-order valence-corrected chi connectivity index (χ1v) is 7.67. The number of halogens is 1. The molecule has 2 amide bonds. The molecular weight excluding hydrogens is 316 g/mol. The number of hydrogen-bond acceptors (Lipinski definition) is 3. The summed E-state index contributed by atoms with van der Waals surface area (Å²) in [6.07, 6.45) is 0.757. The number of aromatic amines is 1. The van der Waals surface area contributed by atoms with Crippen LogP contribution in [0.1, 0.15) is 26.4 Å². The zero-order valence-electron chi connectivity index (χ0n) is 12.6. The highest BCUT2D eigenvalue weighted by molar-refractivity contribution is 6.11. The van der Waals surface area contributed by atoms with Gasteiger partial charge < -0.3 is 20.5 Å². The van der Waals surface area contributed by atoms with E-state index in [-0.39, 0.29) is 24.2 Å². The van der Waals surface area contributed by atoms with E-state index in [9.17, 15) is 9.59 Å². The number of H-pyrrole nitrogens is 1. The maximum absolute atomic E-state index is 12.9. The molecule has 1 fully saturated rings. The summed E-state index contributed by atoms with van der Waals surface area (Å²) < 4.78 is 0. The van der Waals surface area contributed by atoms with Crippen molar-refractivity contribution in [1.82, 2.24) is 20.5 Å². The van der Waals surface area contributed by atoms with Crippen LogP contribution in [0, 0.1) is 0 Å². The van der Waals surface area contributed by atoms with Crippen molar-refractivity contribution in [2.75, 3.05) is 32.7 Å². The highest BCUT2D eigenvalue weighted by Gasteiger charge is 2.26. The van der Waals surface area contributed by atoms with Crippen molar-refractivity contribution < 1.29 is 9.59 Å². The van der Waals surface area contributed by atoms with Crippen molar-refractivity contribution >= 4 is 35.1 Å². The van der Waals surface area contributed by atoms with E-state index < -0.39 is 0 Å². The number of nitrogens with zero attached hydrogens (tertiary/aromatic N) is 1. The number of piperazine rings is 1. The largest absolute Gasteiger partial charge is 0.350 e. The lowest BCUT2D eigenvalue weighted by Gasteiger charge is -2.28. The quantitative estimate of drug-likeness (QED) is 0.726. The molecule has 4 rings (SSSR count). The molecule has 3 heterocycles. The Morgan fingerprint density at radius 2 is 1.91 bits per heavy atom. The molecule has 7 heteroatoms. The number of rotatable bonds is 1. The van der Waals surface area contributed by atoms with Gasteiger partial charge in [-0.3, -0.25) is 9.59 Å². The van der Waals surface area contributed by atoms with Gasteiger partial charge in [-0.2, -0.15) is 0 Å². The zero-order chi connectivity index (χ0) is 15.1. The second-order valence-corrected chi connectivity index (χ2v) is 5.75. The van der Waals surface area contributed by atoms with E-state index in [1.807, 2.05) is 23.1 Å². The third-order valence-electron chi connectivity index (χ3n) is 4.45. The molecule has 2 aromatic rings. The third-order valence-corrected chi connectivity index (χ3v) is 4.45. The van der Waals surface area contributed by atoms with Gasteiger partial charge in [0, 0.05) is 49.2 Å². The predicted octanol–water partition coefficient (Wildman–Crippen LogP) is 0.921. The van der Waals surface area contributed by atoms with E-state index >= 15 is 0 Å². The van der Waals surface area contributed by atoms with E-state index in [0.717, 1.165) is 49.1 Å². The average Bonchev–Trinajstić information content (AvgIpc) is 2.95. The molecule has 2 aliphatic heterocycles. The Hall–Kier alpha value is -2.05. The molecule has 1 saturated heterocycles. The second-order valence-electron chi connectivity index (χ2n) is 5.75. The number of carbonyl (C=O) groups is 2. The van der Waals surface area contributed by atoms with E-state index in [2.05, 4.69) is 15.6 Å². The Bertz CT molecular complexity index is 765. The molecule has 1 aromatic carbocycles. The molecule has 6 nitrogen and oxygen atoms in total. The minimum atomic E-state index is -0.0852. The van der Waals surface area contributed by atoms with Crippen molar-refractivity contribution in [3.63, 3.8) is 0 Å². The molecule has 0 saturated carbocycles. The summed E-state index contributed by atoms with van der Waals surface area (Å²) in [5.74, 6) is -0.0297. The minimum absolute atomic E-state index is 0. The van der Waals surface area contributed by atoms with Crippen molar-refractivity contribution in [2.24, 2.45) is 0 Å². The highest BCUT2D eigenvalue weighted by Crippen LogP contribution is 2.29. The van der Waals surface area contributed by atoms with Gasteiger partial charge in [-0.15, -0.1) is 12.4 Å². The lowest BCUT2D eigenvalue weighted by molar-refractivity contribution is 0.0737. The van der Waals surface area contributed by atoms with Crippen LogP contribution >= 0.6 is 12.4 Å². The third kappa shape index (κ3) is 2.58. The molecule has 3 N–H and O–H groups in total. The molecule has 0 bridgehead atoms. The molecule has 0 unspecified atom stereocenters. The van der Waals surface area contributed by atoms with E-state index in [1.165, 1.54) is 0 Å². The van der Waals surface area contributed by atoms with E-state index in [0.29, 0.717) is 17.8 Å². The monoisotopic (exact) mass is 334 g/mol. The Kier molecular flexibility index (Phi) is 4.28.